The zero-order chi connectivity index (χ0) is 21.2. The summed E-state index contributed by atoms with van der Waals surface area (Å²) >= 11 is 0. The number of anilines is 1. The van der Waals surface area contributed by atoms with Gasteiger partial charge in [0.15, 0.2) is 0 Å². The number of benzene rings is 1. The van der Waals surface area contributed by atoms with Crippen LogP contribution < -0.4 is 15.8 Å². The lowest BCUT2D eigenvalue weighted by Gasteiger charge is -2.45. The lowest BCUT2D eigenvalue weighted by atomic mass is 9.75. The average Bonchev–Trinajstić information content (AvgIpc) is 3.45. The number of nitrogens with zero attached hydrogens (tertiary/aromatic N) is 3. The number of nitrogens with two attached hydrogens (primary N) is 1. The predicted molar refractivity (Wildman–Crippen MR) is 119 cm³/mol. The number of hydrogen-bond acceptors (Lipinski definition) is 4. The maximum atomic E-state index is 12.9. The maximum absolute atomic E-state index is 12.9. The molecule has 4 aliphatic rings. The Morgan fingerprint density at radius 1 is 1.32 bits per heavy atom. The largest absolute Gasteiger partial charge is 0.388 e. The second-order valence-electron chi connectivity index (χ2n) is 9.42. The van der Waals surface area contributed by atoms with Crippen molar-refractivity contribution in [3.05, 3.63) is 40.2 Å². The molecule has 0 bridgehead atoms. The maximum Gasteiger partial charge on any atom is 0.352 e. The van der Waals surface area contributed by atoms with Crippen LogP contribution in [-0.2, 0) is 43.1 Å². The molecule has 1 saturated heterocycles. The van der Waals surface area contributed by atoms with Crippen molar-refractivity contribution in [3.63, 3.8) is 0 Å². The molecule has 164 valence electrons. The van der Waals surface area contributed by atoms with Crippen LogP contribution in [0.4, 0.5) is 10.5 Å². The van der Waals surface area contributed by atoms with Crippen LogP contribution in [0.2, 0.25) is 0 Å². The normalized spacial score (nSPS) is 23.9. The first-order valence-electron chi connectivity index (χ1n) is 11.2. The highest BCUT2D eigenvalue weighted by atomic mass is 32.2. The SMILES string of the molecule is NS(=NC(=O)Nc1c2c(cc3c1CCC3O)CCC2)c1cnn2c1CCC1(CNC1)C2. The fraction of sp³-hybridized carbons (Fsp3) is 0.545. The fourth-order valence-electron chi connectivity index (χ4n) is 5.74. The summed E-state index contributed by atoms with van der Waals surface area (Å²) in [4.78, 5) is 13.7. The molecule has 9 heteroatoms. The molecule has 2 aromatic rings. The Bertz CT molecular complexity index is 1120. The monoisotopic (exact) mass is 440 g/mol. The minimum Gasteiger partial charge on any atom is -0.388 e. The van der Waals surface area contributed by atoms with Crippen LogP contribution in [0.1, 0.15) is 53.3 Å². The van der Waals surface area contributed by atoms with Crippen molar-refractivity contribution >= 4 is 22.6 Å². The first-order chi connectivity index (χ1) is 15.0. The fourth-order valence-corrected chi connectivity index (χ4v) is 6.67. The number of amides is 2. The van der Waals surface area contributed by atoms with Gasteiger partial charge < -0.3 is 15.7 Å². The van der Waals surface area contributed by atoms with E-state index < -0.39 is 23.0 Å². The first kappa shape index (κ1) is 19.6. The van der Waals surface area contributed by atoms with Gasteiger partial charge in [-0.25, -0.2) is 4.79 Å². The number of aliphatic hydroxyl groups is 1. The van der Waals surface area contributed by atoms with Crippen LogP contribution in [0.3, 0.4) is 0 Å². The minimum atomic E-state index is -1.04. The molecule has 2 aliphatic heterocycles. The van der Waals surface area contributed by atoms with E-state index >= 15 is 0 Å². The van der Waals surface area contributed by atoms with Crippen LogP contribution in [0.25, 0.3) is 0 Å². The standard InChI is InChI=1S/C22H28N6O2S/c23-31(19-9-25-28-12-22(10-24-11-22)7-6-17(19)28)27-21(30)26-20-14-3-1-2-13(14)8-16-15(20)4-5-18(16)29/h8-9,18,24,29H,1-7,10-12H2,(H3,23,26,27,30). The van der Waals surface area contributed by atoms with Crippen molar-refractivity contribution in [2.75, 3.05) is 18.4 Å². The summed E-state index contributed by atoms with van der Waals surface area (Å²) in [5.41, 5.74) is 6.79. The van der Waals surface area contributed by atoms with Crippen molar-refractivity contribution in [3.8, 4) is 0 Å². The number of urea groups is 1. The van der Waals surface area contributed by atoms with Gasteiger partial charge in [-0.1, -0.05) is 6.07 Å². The van der Waals surface area contributed by atoms with Crippen LogP contribution in [0.15, 0.2) is 21.5 Å². The van der Waals surface area contributed by atoms with Gasteiger partial charge in [-0.05, 0) is 67.2 Å². The van der Waals surface area contributed by atoms with E-state index in [1.165, 1.54) is 11.1 Å². The van der Waals surface area contributed by atoms with E-state index in [2.05, 4.69) is 30.8 Å². The number of hydrogen-bond donors (Lipinski definition) is 4. The number of aryl methyl sites for hydroxylation is 1. The zero-order valence-corrected chi connectivity index (χ0v) is 18.3. The van der Waals surface area contributed by atoms with Crippen LogP contribution >= 0.6 is 0 Å². The molecule has 2 aliphatic carbocycles. The van der Waals surface area contributed by atoms with E-state index in [1.54, 1.807) is 6.20 Å². The van der Waals surface area contributed by atoms with E-state index in [-0.39, 0.29) is 0 Å². The molecule has 2 unspecified atom stereocenters. The van der Waals surface area contributed by atoms with Gasteiger partial charge >= 0.3 is 6.03 Å². The molecule has 6 rings (SSSR count). The van der Waals surface area contributed by atoms with E-state index in [9.17, 15) is 9.90 Å². The molecule has 3 heterocycles. The van der Waals surface area contributed by atoms with Crippen molar-refractivity contribution in [1.82, 2.24) is 15.1 Å². The van der Waals surface area contributed by atoms with Gasteiger partial charge in [-0.3, -0.25) is 9.82 Å². The molecular formula is C22H28N6O2S. The smallest absolute Gasteiger partial charge is 0.352 e. The predicted octanol–water partition coefficient (Wildman–Crippen LogP) is 2.15. The first-order valence-corrected chi connectivity index (χ1v) is 12.4. The summed E-state index contributed by atoms with van der Waals surface area (Å²) in [6, 6.07) is 1.73. The second kappa shape index (κ2) is 7.23. The Kier molecular flexibility index (Phi) is 4.57. The Balaban J connectivity index is 1.26. The highest BCUT2D eigenvalue weighted by Gasteiger charge is 2.41. The quantitative estimate of drug-likeness (QED) is 0.571. The number of aromatic nitrogens is 2. The number of fused-ring (bicyclic) bond motifs is 3. The minimum absolute atomic E-state index is 0.330. The number of carbonyl (C=O) groups excluding carboxylic acids is 1. The Morgan fingerprint density at radius 2 is 2.19 bits per heavy atom. The summed E-state index contributed by atoms with van der Waals surface area (Å²) < 4.78 is 6.34. The average molecular weight is 441 g/mol. The second-order valence-corrected chi connectivity index (χ2v) is 10.7. The van der Waals surface area contributed by atoms with Crippen LogP contribution in [0, 0.1) is 5.41 Å². The van der Waals surface area contributed by atoms with Crippen molar-refractivity contribution in [1.29, 1.82) is 0 Å². The van der Waals surface area contributed by atoms with Crippen molar-refractivity contribution < 1.29 is 9.90 Å². The molecule has 1 spiro atoms. The molecule has 31 heavy (non-hydrogen) atoms. The van der Waals surface area contributed by atoms with Crippen molar-refractivity contribution in [2.24, 2.45) is 14.9 Å². The molecule has 0 saturated carbocycles. The van der Waals surface area contributed by atoms with Crippen LogP contribution in [0.5, 0.6) is 0 Å². The summed E-state index contributed by atoms with van der Waals surface area (Å²) in [6.45, 7) is 3.00. The molecule has 1 aromatic heterocycles. The molecule has 1 fully saturated rings. The van der Waals surface area contributed by atoms with E-state index in [0.29, 0.717) is 11.8 Å². The molecule has 1 aromatic carbocycles. The Hall–Kier alpha value is -2.07. The molecule has 8 nitrogen and oxygen atoms in total. The van der Waals surface area contributed by atoms with E-state index in [0.717, 1.165) is 85.6 Å². The summed E-state index contributed by atoms with van der Waals surface area (Å²) in [7, 11) is -1.04. The van der Waals surface area contributed by atoms with Gasteiger partial charge in [0.25, 0.3) is 0 Å². The lowest BCUT2D eigenvalue weighted by molar-refractivity contribution is 0.0999. The number of rotatable bonds is 2. The molecule has 0 radical (unpaired) electrons. The third-order valence-electron chi connectivity index (χ3n) is 7.50. The van der Waals surface area contributed by atoms with Gasteiger partial charge in [-0.2, -0.15) is 9.46 Å². The molecule has 2 atom stereocenters. The van der Waals surface area contributed by atoms with Gasteiger partial charge in [0.05, 0.1) is 22.9 Å². The third kappa shape index (κ3) is 3.17. The van der Waals surface area contributed by atoms with Crippen LogP contribution in [-0.4, -0.2) is 34.0 Å². The van der Waals surface area contributed by atoms with Gasteiger partial charge in [0, 0.05) is 41.6 Å². The lowest BCUT2D eigenvalue weighted by Crippen LogP contribution is -2.57. The van der Waals surface area contributed by atoms with Gasteiger partial charge in [0.1, 0.15) is 0 Å². The molecule has 2 amide bonds. The third-order valence-corrected chi connectivity index (χ3v) is 8.65. The molecule has 5 N–H and O–H groups in total. The number of carbonyl (C=O) groups is 1. The van der Waals surface area contributed by atoms with Crippen molar-refractivity contribution in [2.45, 2.75) is 62.5 Å². The zero-order valence-electron chi connectivity index (χ0n) is 17.5. The number of aliphatic hydroxyl groups excluding tert-OH is 1. The van der Waals surface area contributed by atoms with Gasteiger partial charge in [0.2, 0.25) is 0 Å². The summed E-state index contributed by atoms with van der Waals surface area (Å²) in [5.74, 6) is 0. The topological polar surface area (TPSA) is 118 Å². The Morgan fingerprint density at radius 3 is 3.00 bits per heavy atom. The highest BCUT2D eigenvalue weighted by Crippen LogP contribution is 2.42. The summed E-state index contributed by atoms with van der Waals surface area (Å²) in [6.07, 6.45) is 7.90. The summed E-state index contributed by atoms with van der Waals surface area (Å²) in [5, 5.41) is 27.7. The number of nitrogens with one attached hydrogen (secondary N) is 2. The van der Waals surface area contributed by atoms with E-state index in [4.69, 9.17) is 5.14 Å². The highest BCUT2D eigenvalue weighted by molar-refractivity contribution is 7.85. The Labute approximate surface area is 183 Å². The van der Waals surface area contributed by atoms with Gasteiger partial charge in [-0.15, -0.1) is 0 Å². The molecular weight excluding hydrogens is 412 g/mol. The van der Waals surface area contributed by atoms with E-state index in [1.807, 2.05) is 0 Å².